The number of rotatable bonds is 6. The van der Waals surface area contributed by atoms with Gasteiger partial charge in [-0.2, -0.15) is 0 Å². The van der Waals surface area contributed by atoms with Crippen LogP contribution in [0.1, 0.15) is 36.2 Å². The first-order valence-corrected chi connectivity index (χ1v) is 8.00. The van der Waals surface area contributed by atoms with Gasteiger partial charge in [0.15, 0.2) is 5.96 Å². The van der Waals surface area contributed by atoms with Gasteiger partial charge < -0.3 is 16.0 Å². The molecule has 1 saturated carbocycles. The van der Waals surface area contributed by atoms with E-state index in [1.54, 1.807) is 7.05 Å². The molecule has 3 N–H and O–H groups in total. The van der Waals surface area contributed by atoms with Gasteiger partial charge in [0.25, 0.3) is 5.91 Å². The van der Waals surface area contributed by atoms with E-state index in [9.17, 15) is 4.79 Å². The van der Waals surface area contributed by atoms with E-state index in [0.717, 1.165) is 30.4 Å². The maximum Gasteiger partial charge on any atom is 0.251 e. The summed E-state index contributed by atoms with van der Waals surface area (Å²) in [4.78, 5) is 16.2. The molecule has 0 bridgehead atoms. The van der Waals surface area contributed by atoms with E-state index in [4.69, 9.17) is 0 Å². The van der Waals surface area contributed by atoms with Crippen molar-refractivity contribution in [2.45, 2.75) is 32.7 Å². The first-order valence-electron chi connectivity index (χ1n) is 8.00. The molecule has 1 amide bonds. The number of nitrogens with zero attached hydrogens (tertiary/aromatic N) is 1. The Balaban J connectivity index is 0.00000264. The SMILES string of the molecule is CCNC(=NCCc1cccc(C(=O)NC)c1)NC1CC1C.I. The number of aliphatic imine (C=N–C) groups is 1. The molecule has 2 unspecified atom stereocenters. The number of halogens is 1. The third-order valence-electron chi connectivity index (χ3n) is 3.86. The number of benzene rings is 1. The van der Waals surface area contributed by atoms with E-state index in [1.807, 2.05) is 24.3 Å². The van der Waals surface area contributed by atoms with Crippen LogP contribution in [0.15, 0.2) is 29.3 Å². The van der Waals surface area contributed by atoms with Gasteiger partial charge in [0.1, 0.15) is 0 Å². The van der Waals surface area contributed by atoms with Crippen LogP contribution in [0.25, 0.3) is 0 Å². The first-order chi connectivity index (χ1) is 10.6. The number of carbonyl (C=O) groups is 1. The van der Waals surface area contributed by atoms with Crippen LogP contribution in [0.4, 0.5) is 0 Å². The third-order valence-corrected chi connectivity index (χ3v) is 3.86. The predicted molar refractivity (Wildman–Crippen MR) is 106 cm³/mol. The molecule has 0 spiro atoms. The highest BCUT2D eigenvalue weighted by atomic mass is 127. The number of amides is 1. The molecule has 2 atom stereocenters. The standard InChI is InChI=1S/C17H26N4O.HI/c1-4-19-17(21-15-10-12(15)2)20-9-8-13-6-5-7-14(11-13)16(22)18-3;/h5-7,11-12,15H,4,8-10H2,1-3H3,(H,18,22)(H2,19,20,21);1H. The lowest BCUT2D eigenvalue weighted by molar-refractivity contribution is 0.0963. The van der Waals surface area contributed by atoms with Crippen LogP contribution >= 0.6 is 24.0 Å². The quantitative estimate of drug-likeness (QED) is 0.368. The maximum atomic E-state index is 11.6. The van der Waals surface area contributed by atoms with Gasteiger partial charge in [0.05, 0.1) is 0 Å². The van der Waals surface area contributed by atoms with Crippen molar-refractivity contribution in [2.24, 2.45) is 10.9 Å². The summed E-state index contributed by atoms with van der Waals surface area (Å²) in [5.74, 6) is 1.58. The molecule has 0 aromatic heterocycles. The normalized spacial score (nSPS) is 19.5. The zero-order chi connectivity index (χ0) is 15.9. The Morgan fingerprint density at radius 3 is 2.74 bits per heavy atom. The molecular weight excluding hydrogens is 403 g/mol. The second-order valence-corrected chi connectivity index (χ2v) is 5.75. The second-order valence-electron chi connectivity index (χ2n) is 5.75. The molecule has 0 radical (unpaired) electrons. The van der Waals surface area contributed by atoms with Crippen molar-refractivity contribution < 1.29 is 4.79 Å². The smallest absolute Gasteiger partial charge is 0.251 e. The first kappa shape index (κ1) is 19.7. The summed E-state index contributed by atoms with van der Waals surface area (Å²) in [5, 5.41) is 9.36. The van der Waals surface area contributed by atoms with Gasteiger partial charge in [-0.3, -0.25) is 9.79 Å². The predicted octanol–water partition coefficient (Wildman–Crippen LogP) is 2.17. The Morgan fingerprint density at radius 2 is 2.13 bits per heavy atom. The molecule has 5 nitrogen and oxygen atoms in total. The lowest BCUT2D eigenvalue weighted by Crippen LogP contribution is -2.39. The minimum absolute atomic E-state index is 0. The number of hydrogen-bond acceptors (Lipinski definition) is 2. The number of guanidine groups is 1. The Bertz CT molecular complexity index is 547. The number of carbonyl (C=O) groups excluding carboxylic acids is 1. The summed E-state index contributed by atoms with van der Waals surface area (Å²) in [6, 6.07) is 8.27. The van der Waals surface area contributed by atoms with Gasteiger partial charge in [0.2, 0.25) is 0 Å². The van der Waals surface area contributed by atoms with Crippen LogP contribution in [0.3, 0.4) is 0 Å². The van der Waals surface area contributed by atoms with Crippen LogP contribution in [0.2, 0.25) is 0 Å². The van der Waals surface area contributed by atoms with Crippen LogP contribution in [0, 0.1) is 5.92 Å². The van der Waals surface area contributed by atoms with Crippen molar-refractivity contribution >= 4 is 35.8 Å². The van der Waals surface area contributed by atoms with Crippen LogP contribution in [-0.2, 0) is 6.42 Å². The Kier molecular flexibility index (Phi) is 8.36. The van der Waals surface area contributed by atoms with Crippen LogP contribution in [0.5, 0.6) is 0 Å². The van der Waals surface area contributed by atoms with E-state index < -0.39 is 0 Å². The van der Waals surface area contributed by atoms with Gasteiger partial charge in [-0.05, 0) is 43.4 Å². The number of nitrogens with one attached hydrogen (secondary N) is 3. The third kappa shape index (κ3) is 6.37. The highest BCUT2D eigenvalue weighted by Gasteiger charge is 2.33. The van der Waals surface area contributed by atoms with Crippen molar-refractivity contribution in [3.63, 3.8) is 0 Å². The van der Waals surface area contributed by atoms with Crippen molar-refractivity contribution in [3.8, 4) is 0 Å². The van der Waals surface area contributed by atoms with Gasteiger partial charge in [-0.1, -0.05) is 19.1 Å². The minimum atomic E-state index is -0.0527. The molecule has 128 valence electrons. The highest BCUT2D eigenvalue weighted by Crippen LogP contribution is 2.28. The van der Waals surface area contributed by atoms with Crippen LogP contribution < -0.4 is 16.0 Å². The lowest BCUT2D eigenvalue weighted by Gasteiger charge is -2.10. The molecule has 23 heavy (non-hydrogen) atoms. The van der Waals surface area contributed by atoms with Gasteiger partial charge >= 0.3 is 0 Å². The lowest BCUT2D eigenvalue weighted by atomic mass is 10.1. The monoisotopic (exact) mass is 430 g/mol. The van der Waals surface area contributed by atoms with E-state index >= 15 is 0 Å². The van der Waals surface area contributed by atoms with E-state index in [0.29, 0.717) is 18.2 Å². The van der Waals surface area contributed by atoms with Gasteiger partial charge in [-0.25, -0.2) is 0 Å². The van der Waals surface area contributed by atoms with Crippen molar-refractivity contribution in [3.05, 3.63) is 35.4 Å². The Morgan fingerprint density at radius 1 is 1.39 bits per heavy atom. The van der Waals surface area contributed by atoms with E-state index in [2.05, 4.69) is 34.8 Å². The second kappa shape index (κ2) is 9.75. The molecule has 2 rings (SSSR count). The molecule has 1 aliphatic carbocycles. The van der Waals surface area contributed by atoms with E-state index in [-0.39, 0.29) is 29.9 Å². The summed E-state index contributed by atoms with van der Waals surface area (Å²) < 4.78 is 0. The Labute approximate surface area is 155 Å². The average Bonchev–Trinajstić information content (AvgIpc) is 3.22. The average molecular weight is 430 g/mol. The zero-order valence-electron chi connectivity index (χ0n) is 14.1. The molecule has 0 aliphatic heterocycles. The number of hydrogen-bond donors (Lipinski definition) is 3. The fourth-order valence-electron chi connectivity index (χ4n) is 2.33. The summed E-state index contributed by atoms with van der Waals surface area (Å²) in [6.45, 7) is 5.87. The summed E-state index contributed by atoms with van der Waals surface area (Å²) in [5.41, 5.74) is 1.82. The summed E-state index contributed by atoms with van der Waals surface area (Å²) in [7, 11) is 1.65. The fourth-order valence-corrected chi connectivity index (χ4v) is 2.33. The fraction of sp³-hybridized carbons (Fsp3) is 0.529. The van der Waals surface area contributed by atoms with Crippen molar-refractivity contribution in [2.75, 3.05) is 20.1 Å². The Hall–Kier alpha value is -1.31. The largest absolute Gasteiger partial charge is 0.357 e. The van der Waals surface area contributed by atoms with E-state index in [1.165, 1.54) is 6.42 Å². The summed E-state index contributed by atoms with van der Waals surface area (Å²) >= 11 is 0. The molecule has 1 aromatic carbocycles. The molecule has 0 heterocycles. The molecule has 1 aromatic rings. The van der Waals surface area contributed by atoms with Gasteiger partial charge in [0, 0.05) is 31.7 Å². The van der Waals surface area contributed by atoms with Crippen molar-refractivity contribution in [1.82, 2.24) is 16.0 Å². The topological polar surface area (TPSA) is 65.5 Å². The summed E-state index contributed by atoms with van der Waals surface area (Å²) in [6.07, 6.45) is 2.04. The zero-order valence-corrected chi connectivity index (χ0v) is 16.4. The highest BCUT2D eigenvalue weighted by molar-refractivity contribution is 14.0. The van der Waals surface area contributed by atoms with Crippen molar-refractivity contribution in [1.29, 1.82) is 0 Å². The minimum Gasteiger partial charge on any atom is -0.357 e. The molecule has 0 saturated heterocycles. The molecule has 6 heteroatoms. The molecular formula is C17H27IN4O. The van der Waals surface area contributed by atoms with Crippen LogP contribution in [-0.4, -0.2) is 38.0 Å². The maximum absolute atomic E-state index is 11.6. The van der Waals surface area contributed by atoms with Gasteiger partial charge in [-0.15, -0.1) is 24.0 Å². The molecule has 1 fully saturated rings. The molecule has 1 aliphatic rings.